The molecule has 0 amide bonds. The average molecular weight is 673 g/mol. The van der Waals surface area contributed by atoms with Crippen molar-refractivity contribution in [3.8, 4) is 44.5 Å². The van der Waals surface area contributed by atoms with Crippen molar-refractivity contribution < 1.29 is 4.42 Å². The number of para-hydroxylation sites is 1. The summed E-state index contributed by atoms with van der Waals surface area (Å²) in [4.78, 5) is 0. The molecule has 0 bridgehead atoms. The molecule has 10 aromatic carbocycles. The minimum absolute atomic E-state index is 0.927. The van der Waals surface area contributed by atoms with Crippen molar-refractivity contribution in [1.29, 1.82) is 0 Å². The van der Waals surface area contributed by atoms with E-state index >= 15 is 0 Å². The summed E-state index contributed by atoms with van der Waals surface area (Å²) in [5.41, 5.74) is 11.6. The first kappa shape index (κ1) is 29.7. The predicted molar refractivity (Wildman–Crippen MR) is 225 cm³/mol. The molecule has 0 atom stereocenters. The molecule has 0 fully saturated rings. The second-order valence-corrected chi connectivity index (χ2v) is 13.9. The molecule has 246 valence electrons. The van der Waals surface area contributed by atoms with Gasteiger partial charge in [0.2, 0.25) is 0 Å². The molecule has 1 heteroatoms. The van der Waals surface area contributed by atoms with Gasteiger partial charge in [-0.3, -0.25) is 0 Å². The van der Waals surface area contributed by atoms with E-state index in [1.807, 2.05) is 0 Å². The SMILES string of the molecule is c1ccc(-c2cccc3ccccc23)c(-c2ccc(-c3c4ccccc4c(-c4cccc5c4oc4c6ccccc6ccc54)c4ccccc34)cc2)c1. The summed E-state index contributed by atoms with van der Waals surface area (Å²) < 4.78 is 6.88. The Hall–Kier alpha value is -6.96. The van der Waals surface area contributed by atoms with Crippen LogP contribution in [0.1, 0.15) is 0 Å². The van der Waals surface area contributed by atoms with Crippen LogP contribution in [0.25, 0.3) is 110 Å². The molecule has 0 saturated heterocycles. The number of benzene rings is 10. The predicted octanol–water partition coefficient (Wildman–Crippen LogP) is 14.9. The Morgan fingerprint density at radius 3 is 1.40 bits per heavy atom. The van der Waals surface area contributed by atoms with Gasteiger partial charge in [0.05, 0.1) is 0 Å². The van der Waals surface area contributed by atoms with Gasteiger partial charge in [0.1, 0.15) is 11.2 Å². The maximum absolute atomic E-state index is 6.88. The summed E-state index contributed by atoms with van der Waals surface area (Å²) in [6.45, 7) is 0. The first-order valence-electron chi connectivity index (χ1n) is 18.3. The molecule has 11 rings (SSSR count). The van der Waals surface area contributed by atoms with E-state index in [4.69, 9.17) is 4.42 Å². The van der Waals surface area contributed by atoms with Crippen molar-refractivity contribution in [2.75, 3.05) is 0 Å². The topological polar surface area (TPSA) is 13.1 Å². The average Bonchev–Trinajstić information content (AvgIpc) is 3.63. The zero-order valence-corrected chi connectivity index (χ0v) is 28.9. The minimum atomic E-state index is 0.927. The zero-order chi connectivity index (χ0) is 34.9. The molecule has 1 nitrogen and oxygen atoms in total. The smallest absolute Gasteiger partial charge is 0.143 e. The standard InChI is InChI=1S/C52H32O/c1-3-16-37-33(13-1)15-11-24-41(37)40-19-6-5-17-38(40)35-27-29-36(30-28-35)49-42-20-7-9-22-44(42)50(45-23-10-8-21-43(45)49)48-26-12-25-46-47-32-31-34-14-2-4-18-39(34)51(47)53-52(46)48/h1-32H. The van der Waals surface area contributed by atoms with Crippen LogP contribution >= 0.6 is 0 Å². The quantitative estimate of drug-likeness (QED) is 0.170. The summed E-state index contributed by atoms with van der Waals surface area (Å²) >= 11 is 0. The summed E-state index contributed by atoms with van der Waals surface area (Å²) in [6.07, 6.45) is 0. The van der Waals surface area contributed by atoms with Gasteiger partial charge in [0.15, 0.2) is 0 Å². The monoisotopic (exact) mass is 672 g/mol. The van der Waals surface area contributed by atoms with Crippen molar-refractivity contribution in [3.63, 3.8) is 0 Å². The van der Waals surface area contributed by atoms with Gasteiger partial charge in [-0.15, -0.1) is 0 Å². The molecule has 0 aliphatic carbocycles. The summed E-state index contributed by atoms with van der Waals surface area (Å²) in [5, 5.41) is 12.0. The van der Waals surface area contributed by atoms with Gasteiger partial charge < -0.3 is 4.42 Å². The van der Waals surface area contributed by atoms with Crippen molar-refractivity contribution >= 4 is 65.0 Å². The Balaban J connectivity index is 1.11. The van der Waals surface area contributed by atoms with Crippen LogP contribution in [0, 0.1) is 0 Å². The van der Waals surface area contributed by atoms with Gasteiger partial charge in [0.25, 0.3) is 0 Å². The van der Waals surface area contributed by atoms with Crippen molar-refractivity contribution in [1.82, 2.24) is 0 Å². The summed E-state index contributed by atoms with van der Waals surface area (Å²) in [7, 11) is 0. The first-order chi connectivity index (χ1) is 26.3. The molecular weight excluding hydrogens is 641 g/mol. The fourth-order valence-corrected chi connectivity index (χ4v) is 8.70. The van der Waals surface area contributed by atoms with E-state index in [1.54, 1.807) is 0 Å². The Labute approximate surface area is 307 Å². The third-order valence-electron chi connectivity index (χ3n) is 11.1. The molecule has 0 unspecified atom stereocenters. The molecule has 53 heavy (non-hydrogen) atoms. The molecule has 0 aliphatic heterocycles. The lowest BCUT2D eigenvalue weighted by Crippen LogP contribution is -1.91. The highest BCUT2D eigenvalue weighted by Gasteiger charge is 2.21. The third-order valence-corrected chi connectivity index (χ3v) is 11.1. The normalized spacial score (nSPS) is 11.8. The van der Waals surface area contributed by atoms with Gasteiger partial charge in [-0.05, 0) is 77.2 Å². The second kappa shape index (κ2) is 11.8. The Morgan fingerprint density at radius 1 is 0.226 bits per heavy atom. The van der Waals surface area contributed by atoms with Gasteiger partial charge in [-0.25, -0.2) is 0 Å². The van der Waals surface area contributed by atoms with Crippen LogP contribution in [0.2, 0.25) is 0 Å². The number of hydrogen-bond donors (Lipinski definition) is 0. The molecule has 0 N–H and O–H groups in total. The van der Waals surface area contributed by atoms with E-state index in [0.29, 0.717) is 0 Å². The first-order valence-corrected chi connectivity index (χ1v) is 18.3. The van der Waals surface area contributed by atoms with Gasteiger partial charge in [0, 0.05) is 27.3 Å². The van der Waals surface area contributed by atoms with Crippen LogP contribution in [0.3, 0.4) is 0 Å². The Morgan fingerprint density at radius 2 is 0.679 bits per heavy atom. The van der Waals surface area contributed by atoms with Crippen LogP contribution in [0.5, 0.6) is 0 Å². The van der Waals surface area contributed by atoms with E-state index in [2.05, 4.69) is 194 Å². The van der Waals surface area contributed by atoms with Crippen molar-refractivity contribution in [3.05, 3.63) is 194 Å². The Bertz CT molecular complexity index is 3150. The molecule has 0 saturated carbocycles. The van der Waals surface area contributed by atoms with Crippen LogP contribution in [0.15, 0.2) is 199 Å². The zero-order valence-electron chi connectivity index (χ0n) is 28.9. The van der Waals surface area contributed by atoms with Gasteiger partial charge in [-0.2, -0.15) is 0 Å². The summed E-state index contributed by atoms with van der Waals surface area (Å²) in [6, 6.07) is 70.4. The fraction of sp³-hybridized carbons (Fsp3) is 0. The highest BCUT2D eigenvalue weighted by molar-refractivity contribution is 6.25. The van der Waals surface area contributed by atoms with Crippen LogP contribution in [-0.2, 0) is 0 Å². The maximum Gasteiger partial charge on any atom is 0.143 e. The van der Waals surface area contributed by atoms with E-state index in [-0.39, 0.29) is 0 Å². The molecule has 0 spiro atoms. The minimum Gasteiger partial charge on any atom is -0.455 e. The van der Waals surface area contributed by atoms with Crippen molar-refractivity contribution in [2.24, 2.45) is 0 Å². The van der Waals surface area contributed by atoms with Crippen LogP contribution < -0.4 is 0 Å². The lowest BCUT2D eigenvalue weighted by Gasteiger charge is -2.18. The van der Waals surface area contributed by atoms with E-state index in [1.165, 1.54) is 76.6 Å². The molecule has 11 aromatic rings. The van der Waals surface area contributed by atoms with Gasteiger partial charge >= 0.3 is 0 Å². The summed E-state index contributed by atoms with van der Waals surface area (Å²) in [5.74, 6) is 0. The fourth-order valence-electron chi connectivity index (χ4n) is 8.70. The molecule has 0 aliphatic rings. The number of fused-ring (bicyclic) bond motifs is 8. The molecule has 1 aromatic heterocycles. The maximum atomic E-state index is 6.88. The van der Waals surface area contributed by atoms with Crippen molar-refractivity contribution in [2.45, 2.75) is 0 Å². The highest BCUT2D eigenvalue weighted by Crippen LogP contribution is 2.47. The van der Waals surface area contributed by atoms with E-state index < -0.39 is 0 Å². The van der Waals surface area contributed by atoms with E-state index in [0.717, 1.165) is 32.9 Å². The second-order valence-electron chi connectivity index (χ2n) is 13.9. The van der Waals surface area contributed by atoms with Crippen LogP contribution in [0.4, 0.5) is 0 Å². The largest absolute Gasteiger partial charge is 0.455 e. The third kappa shape index (κ3) is 4.58. The van der Waals surface area contributed by atoms with E-state index in [9.17, 15) is 0 Å². The number of rotatable bonds is 4. The molecule has 1 heterocycles. The highest BCUT2D eigenvalue weighted by atomic mass is 16.3. The van der Waals surface area contributed by atoms with Crippen LogP contribution in [-0.4, -0.2) is 0 Å². The molecular formula is C52H32O. The van der Waals surface area contributed by atoms with Gasteiger partial charge in [-0.1, -0.05) is 188 Å². The number of hydrogen-bond acceptors (Lipinski definition) is 1. The number of furan rings is 1. The lowest BCUT2D eigenvalue weighted by molar-refractivity contribution is 0.674. The Kier molecular flexibility index (Phi) is 6.62. The lowest BCUT2D eigenvalue weighted by atomic mass is 9.85. The molecule has 0 radical (unpaired) electrons.